The summed E-state index contributed by atoms with van der Waals surface area (Å²) in [4.78, 5) is 22.8. The Kier molecular flexibility index (Phi) is 3.88. The summed E-state index contributed by atoms with van der Waals surface area (Å²) in [6, 6.07) is 0. The minimum atomic E-state index is -1.58. The molecule has 1 heterocycles. The topological polar surface area (TPSA) is 84.9 Å². The fraction of sp³-hybridized carbons (Fsp3) is 0.800. The quantitative estimate of drug-likeness (QED) is 0.608. The Morgan fingerprint density at radius 3 is 2.75 bits per heavy atom. The van der Waals surface area contributed by atoms with Gasteiger partial charge in [-0.15, -0.1) is 0 Å². The second kappa shape index (κ2) is 4.80. The summed E-state index contributed by atoms with van der Waals surface area (Å²) < 4.78 is 9.98. The molecule has 92 valence electrons. The molecule has 0 aromatic carbocycles. The van der Waals surface area contributed by atoms with Gasteiger partial charge in [-0.3, -0.25) is 4.79 Å². The largest absolute Gasteiger partial charge is 0.458 e. The molecule has 6 nitrogen and oxygen atoms in total. The van der Waals surface area contributed by atoms with Crippen LogP contribution in [0.4, 0.5) is 0 Å². The summed E-state index contributed by atoms with van der Waals surface area (Å²) in [5, 5.41) is 12.1. The summed E-state index contributed by atoms with van der Waals surface area (Å²) in [6.07, 6.45) is -2.76. The molecule has 0 aromatic heterocycles. The number of nitrogens with one attached hydrogen (secondary N) is 1. The lowest BCUT2D eigenvalue weighted by Crippen LogP contribution is -2.53. The summed E-state index contributed by atoms with van der Waals surface area (Å²) >= 11 is 0. The first kappa shape index (κ1) is 12.9. The van der Waals surface area contributed by atoms with E-state index in [-0.39, 0.29) is 6.61 Å². The number of carbonyl (C=O) groups excluding carboxylic acids is 2. The van der Waals surface area contributed by atoms with E-state index in [1.54, 1.807) is 20.8 Å². The van der Waals surface area contributed by atoms with E-state index in [2.05, 4.69) is 5.32 Å². The van der Waals surface area contributed by atoms with Crippen molar-refractivity contribution in [3.8, 4) is 0 Å². The van der Waals surface area contributed by atoms with E-state index in [0.717, 1.165) is 0 Å². The van der Waals surface area contributed by atoms with Gasteiger partial charge < -0.3 is 19.9 Å². The molecule has 1 saturated heterocycles. The lowest BCUT2D eigenvalue weighted by atomic mass is 10.1. The number of ether oxygens (including phenoxy) is 2. The maximum absolute atomic E-state index is 11.5. The van der Waals surface area contributed by atoms with Crippen LogP contribution in [0.5, 0.6) is 0 Å². The predicted molar refractivity (Wildman–Crippen MR) is 54.6 cm³/mol. The Labute approximate surface area is 93.9 Å². The van der Waals surface area contributed by atoms with E-state index in [1.165, 1.54) is 0 Å². The Morgan fingerprint density at radius 1 is 1.62 bits per heavy atom. The van der Waals surface area contributed by atoms with Gasteiger partial charge in [-0.05, 0) is 20.8 Å². The monoisotopic (exact) mass is 231 g/mol. The van der Waals surface area contributed by atoms with Crippen LogP contribution in [0.25, 0.3) is 0 Å². The number of amides is 1. The maximum Gasteiger partial charge on any atom is 0.338 e. The van der Waals surface area contributed by atoms with Gasteiger partial charge in [0.2, 0.25) is 0 Å². The molecule has 0 aliphatic carbocycles. The van der Waals surface area contributed by atoms with E-state index in [0.29, 0.717) is 6.54 Å². The Hall–Kier alpha value is -1.14. The first-order valence-electron chi connectivity index (χ1n) is 5.11. The van der Waals surface area contributed by atoms with Crippen LogP contribution in [-0.4, -0.2) is 47.9 Å². The van der Waals surface area contributed by atoms with Crippen LogP contribution < -0.4 is 5.32 Å². The molecule has 1 fully saturated rings. The minimum absolute atomic E-state index is 0.274. The number of hydrogen-bond donors (Lipinski definition) is 2. The second-order valence-electron chi connectivity index (χ2n) is 4.56. The van der Waals surface area contributed by atoms with Gasteiger partial charge in [-0.2, -0.15) is 0 Å². The summed E-state index contributed by atoms with van der Waals surface area (Å²) in [5.74, 6) is -1.35. The Morgan fingerprint density at radius 2 is 2.25 bits per heavy atom. The van der Waals surface area contributed by atoms with Crippen molar-refractivity contribution in [2.45, 2.75) is 38.6 Å². The second-order valence-corrected chi connectivity index (χ2v) is 4.56. The molecule has 1 aliphatic rings. The lowest BCUT2D eigenvalue weighted by molar-refractivity contribution is -0.178. The van der Waals surface area contributed by atoms with Crippen molar-refractivity contribution < 1.29 is 24.2 Å². The number of carbonyl (C=O) groups is 2. The normalized spacial score (nSPS) is 23.5. The molecule has 16 heavy (non-hydrogen) atoms. The van der Waals surface area contributed by atoms with Gasteiger partial charge in [0.25, 0.3) is 5.91 Å². The van der Waals surface area contributed by atoms with Crippen LogP contribution in [0.3, 0.4) is 0 Å². The molecule has 1 aliphatic heterocycles. The van der Waals surface area contributed by atoms with Gasteiger partial charge in [-0.25, -0.2) is 4.79 Å². The van der Waals surface area contributed by atoms with E-state index >= 15 is 0 Å². The van der Waals surface area contributed by atoms with Crippen molar-refractivity contribution in [1.29, 1.82) is 0 Å². The number of rotatable bonds is 2. The fourth-order valence-electron chi connectivity index (χ4n) is 1.26. The van der Waals surface area contributed by atoms with Crippen molar-refractivity contribution in [3.05, 3.63) is 0 Å². The molecule has 0 bridgehead atoms. The molecule has 0 aromatic rings. The molecular weight excluding hydrogens is 214 g/mol. The zero-order valence-corrected chi connectivity index (χ0v) is 9.65. The summed E-state index contributed by atoms with van der Waals surface area (Å²) in [6.45, 7) is 5.70. The van der Waals surface area contributed by atoms with Crippen molar-refractivity contribution in [2.24, 2.45) is 0 Å². The minimum Gasteiger partial charge on any atom is -0.458 e. The fourth-order valence-corrected chi connectivity index (χ4v) is 1.26. The first-order chi connectivity index (χ1) is 7.31. The molecule has 1 rings (SSSR count). The average Bonchev–Trinajstić information content (AvgIpc) is 2.15. The van der Waals surface area contributed by atoms with Crippen LogP contribution in [0, 0.1) is 0 Å². The molecule has 1 unspecified atom stereocenters. The molecule has 0 radical (unpaired) electrons. The molecule has 1 amide bonds. The maximum atomic E-state index is 11.5. The third-order valence-corrected chi connectivity index (χ3v) is 1.89. The van der Waals surface area contributed by atoms with Crippen molar-refractivity contribution in [2.75, 3.05) is 13.2 Å². The van der Waals surface area contributed by atoms with Crippen molar-refractivity contribution in [1.82, 2.24) is 5.32 Å². The highest BCUT2D eigenvalue weighted by molar-refractivity contribution is 5.89. The number of aliphatic hydroxyl groups is 1. The molecule has 2 N–H and O–H groups in total. The molecule has 2 atom stereocenters. The van der Waals surface area contributed by atoms with E-state index in [4.69, 9.17) is 9.47 Å². The highest BCUT2D eigenvalue weighted by atomic mass is 16.6. The van der Waals surface area contributed by atoms with E-state index < -0.39 is 29.7 Å². The smallest absolute Gasteiger partial charge is 0.338 e. The molecule has 0 saturated carbocycles. The first-order valence-corrected chi connectivity index (χ1v) is 5.11. The van der Waals surface area contributed by atoms with Gasteiger partial charge in [0, 0.05) is 6.54 Å². The van der Waals surface area contributed by atoms with Crippen LogP contribution in [-0.2, 0) is 19.1 Å². The SMILES string of the molecule is CC(C)(C)OC(=O)[C@H](O)C1OCCNC1=O. The Bertz CT molecular complexity index is 283. The lowest BCUT2D eigenvalue weighted by Gasteiger charge is -2.28. The van der Waals surface area contributed by atoms with Crippen LogP contribution in [0.15, 0.2) is 0 Å². The third-order valence-electron chi connectivity index (χ3n) is 1.89. The van der Waals surface area contributed by atoms with Gasteiger partial charge in [0.1, 0.15) is 5.60 Å². The zero-order chi connectivity index (χ0) is 12.3. The zero-order valence-electron chi connectivity index (χ0n) is 9.65. The van der Waals surface area contributed by atoms with Crippen LogP contribution >= 0.6 is 0 Å². The summed E-state index contributed by atoms with van der Waals surface area (Å²) in [7, 11) is 0. The molecule has 6 heteroatoms. The number of morpholine rings is 1. The van der Waals surface area contributed by atoms with Crippen molar-refractivity contribution in [3.63, 3.8) is 0 Å². The van der Waals surface area contributed by atoms with Gasteiger partial charge in [-0.1, -0.05) is 0 Å². The van der Waals surface area contributed by atoms with Crippen LogP contribution in [0.1, 0.15) is 20.8 Å². The van der Waals surface area contributed by atoms with E-state index in [1.807, 2.05) is 0 Å². The summed E-state index contributed by atoms with van der Waals surface area (Å²) in [5.41, 5.74) is -0.705. The average molecular weight is 231 g/mol. The van der Waals surface area contributed by atoms with Crippen molar-refractivity contribution >= 4 is 11.9 Å². The molecular formula is C10H17NO5. The standard InChI is InChI=1S/C10H17NO5/c1-10(2,3)16-9(14)6(12)7-8(13)11-4-5-15-7/h6-7,12H,4-5H2,1-3H3,(H,11,13)/t6-,7?/m1/s1. The van der Waals surface area contributed by atoms with Gasteiger partial charge >= 0.3 is 5.97 Å². The highest BCUT2D eigenvalue weighted by Gasteiger charge is 2.37. The van der Waals surface area contributed by atoms with Crippen LogP contribution in [0.2, 0.25) is 0 Å². The van der Waals surface area contributed by atoms with E-state index in [9.17, 15) is 14.7 Å². The Balaban J connectivity index is 2.59. The number of aliphatic hydroxyl groups excluding tert-OH is 1. The highest BCUT2D eigenvalue weighted by Crippen LogP contribution is 2.12. The number of hydrogen-bond acceptors (Lipinski definition) is 5. The third kappa shape index (κ3) is 3.46. The van der Waals surface area contributed by atoms with Gasteiger partial charge in [0.15, 0.2) is 12.2 Å². The molecule has 0 spiro atoms. The van der Waals surface area contributed by atoms with Gasteiger partial charge in [0.05, 0.1) is 6.61 Å². The number of esters is 1. The predicted octanol–water partition coefficient (Wildman–Crippen LogP) is -0.796.